The first kappa shape index (κ1) is 18.3. The van der Waals surface area contributed by atoms with E-state index in [2.05, 4.69) is 15.8 Å². The van der Waals surface area contributed by atoms with Crippen LogP contribution in [-0.4, -0.2) is 22.6 Å². The van der Waals surface area contributed by atoms with Gasteiger partial charge in [-0.25, -0.2) is 5.43 Å². The molecule has 27 heavy (non-hydrogen) atoms. The Labute approximate surface area is 160 Å². The molecule has 2 aromatic carbocycles. The first-order chi connectivity index (χ1) is 13.0. The van der Waals surface area contributed by atoms with Crippen LogP contribution < -0.4 is 10.7 Å². The van der Waals surface area contributed by atoms with Crippen molar-refractivity contribution in [3.63, 3.8) is 0 Å². The van der Waals surface area contributed by atoms with Crippen molar-refractivity contribution in [2.24, 2.45) is 5.10 Å². The molecule has 3 rings (SSSR count). The first-order valence-corrected chi connectivity index (χ1v) is 9.00. The first-order valence-electron chi connectivity index (χ1n) is 8.12. The molecule has 3 N–H and O–H groups in total. The highest BCUT2D eigenvalue weighted by molar-refractivity contribution is 7.12. The van der Waals surface area contributed by atoms with Crippen LogP contribution in [0.15, 0.2) is 71.1 Å². The molecule has 0 saturated carbocycles. The summed E-state index contributed by atoms with van der Waals surface area (Å²) in [6.45, 7) is 1.77. The van der Waals surface area contributed by atoms with Gasteiger partial charge in [-0.15, -0.1) is 11.3 Å². The number of carbonyl (C=O) groups excluding carboxylic acids is 2. The van der Waals surface area contributed by atoms with Gasteiger partial charge in [0.1, 0.15) is 5.75 Å². The van der Waals surface area contributed by atoms with Crippen LogP contribution in [-0.2, 0) is 0 Å². The third-order valence-corrected chi connectivity index (χ3v) is 4.63. The molecule has 0 bridgehead atoms. The number of thiophene rings is 1. The minimum absolute atomic E-state index is 0.0949. The Morgan fingerprint density at radius 3 is 2.22 bits per heavy atom. The molecule has 0 saturated heterocycles. The van der Waals surface area contributed by atoms with Crippen LogP contribution in [0.25, 0.3) is 0 Å². The molecule has 2 amide bonds. The minimum Gasteiger partial charge on any atom is -0.508 e. The van der Waals surface area contributed by atoms with Crippen LogP contribution in [0, 0.1) is 0 Å². The van der Waals surface area contributed by atoms with Crippen molar-refractivity contribution in [1.82, 2.24) is 5.43 Å². The van der Waals surface area contributed by atoms with Crippen molar-refractivity contribution in [3.8, 4) is 5.75 Å². The molecule has 0 unspecified atom stereocenters. The standard InChI is InChI=1S/C20H17N3O3S/c1-13(22-23-19(25)15-6-10-17(24)11-7-15)14-4-8-16(9-5-14)21-20(26)18-3-2-12-27-18/h2-12,24H,1H3,(H,21,26)(H,23,25). The summed E-state index contributed by atoms with van der Waals surface area (Å²) in [5, 5.41) is 18.0. The molecule has 136 valence electrons. The second kappa shape index (κ2) is 8.29. The third-order valence-electron chi connectivity index (χ3n) is 3.76. The molecular formula is C20H17N3O3S. The van der Waals surface area contributed by atoms with Gasteiger partial charge in [0, 0.05) is 11.3 Å². The van der Waals surface area contributed by atoms with Crippen molar-refractivity contribution in [2.75, 3.05) is 5.32 Å². The Morgan fingerprint density at radius 2 is 1.59 bits per heavy atom. The molecule has 3 aromatic rings. The van der Waals surface area contributed by atoms with Gasteiger partial charge in [0.25, 0.3) is 11.8 Å². The summed E-state index contributed by atoms with van der Waals surface area (Å²) in [7, 11) is 0. The molecule has 0 aliphatic carbocycles. The van der Waals surface area contributed by atoms with E-state index in [-0.39, 0.29) is 17.6 Å². The normalized spacial score (nSPS) is 11.1. The molecule has 0 spiro atoms. The van der Waals surface area contributed by atoms with E-state index in [4.69, 9.17) is 0 Å². The van der Waals surface area contributed by atoms with E-state index in [9.17, 15) is 14.7 Å². The van der Waals surface area contributed by atoms with Gasteiger partial charge < -0.3 is 10.4 Å². The highest BCUT2D eigenvalue weighted by Gasteiger charge is 2.08. The predicted molar refractivity (Wildman–Crippen MR) is 106 cm³/mol. The molecule has 6 nitrogen and oxygen atoms in total. The molecule has 0 aliphatic rings. The largest absolute Gasteiger partial charge is 0.508 e. The molecule has 7 heteroatoms. The highest BCUT2D eigenvalue weighted by atomic mass is 32.1. The molecular weight excluding hydrogens is 362 g/mol. The molecule has 1 heterocycles. The van der Waals surface area contributed by atoms with Crippen molar-refractivity contribution in [2.45, 2.75) is 6.92 Å². The van der Waals surface area contributed by atoms with Gasteiger partial charge in [-0.2, -0.15) is 5.10 Å². The van der Waals surface area contributed by atoms with Gasteiger partial charge in [0.05, 0.1) is 10.6 Å². The van der Waals surface area contributed by atoms with Gasteiger partial charge in [-0.1, -0.05) is 18.2 Å². The lowest BCUT2D eigenvalue weighted by atomic mass is 10.1. The van der Waals surface area contributed by atoms with Crippen molar-refractivity contribution >= 4 is 34.6 Å². The lowest BCUT2D eigenvalue weighted by Crippen LogP contribution is -2.19. The number of hydrogen-bond donors (Lipinski definition) is 3. The van der Waals surface area contributed by atoms with Gasteiger partial charge in [-0.3, -0.25) is 9.59 Å². The average Bonchev–Trinajstić information content (AvgIpc) is 3.22. The number of hydrazone groups is 1. The number of rotatable bonds is 5. The number of aromatic hydroxyl groups is 1. The summed E-state index contributed by atoms with van der Waals surface area (Å²) < 4.78 is 0. The highest BCUT2D eigenvalue weighted by Crippen LogP contribution is 2.15. The fourth-order valence-corrected chi connectivity index (χ4v) is 2.89. The maximum absolute atomic E-state index is 12.0. The Bertz CT molecular complexity index is 963. The van der Waals surface area contributed by atoms with Gasteiger partial charge in [0.2, 0.25) is 0 Å². The van der Waals surface area contributed by atoms with E-state index in [1.807, 2.05) is 23.6 Å². The summed E-state index contributed by atoms with van der Waals surface area (Å²) in [6, 6.07) is 16.7. The van der Waals surface area contributed by atoms with E-state index in [1.54, 1.807) is 25.1 Å². The van der Waals surface area contributed by atoms with Crippen LogP contribution in [0.1, 0.15) is 32.5 Å². The van der Waals surface area contributed by atoms with Crippen molar-refractivity contribution in [3.05, 3.63) is 82.0 Å². The molecule has 0 radical (unpaired) electrons. The average molecular weight is 379 g/mol. The summed E-state index contributed by atoms with van der Waals surface area (Å²) in [5.74, 6) is -0.420. The van der Waals surface area contributed by atoms with Crippen molar-refractivity contribution in [1.29, 1.82) is 0 Å². The van der Waals surface area contributed by atoms with E-state index in [1.165, 1.54) is 35.6 Å². The van der Waals surface area contributed by atoms with Crippen molar-refractivity contribution < 1.29 is 14.7 Å². The molecule has 0 atom stereocenters. The maximum atomic E-state index is 12.0. The second-order valence-corrected chi connectivity index (χ2v) is 6.64. The zero-order chi connectivity index (χ0) is 19.2. The summed E-state index contributed by atoms with van der Waals surface area (Å²) in [5.41, 5.74) is 5.00. The molecule has 0 aliphatic heterocycles. The smallest absolute Gasteiger partial charge is 0.271 e. The Balaban J connectivity index is 1.62. The predicted octanol–water partition coefficient (Wildman–Crippen LogP) is 3.86. The number of nitrogens with one attached hydrogen (secondary N) is 2. The quantitative estimate of drug-likeness (QED) is 0.464. The number of hydrogen-bond acceptors (Lipinski definition) is 5. The Morgan fingerprint density at radius 1 is 0.926 bits per heavy atom. The summed E-state index contributed by atoms with van der Waals surface area (Å²) in [4.78, 5) is 24.7. The van der Waals surface area contributed by atoms with Gasteiger partial charge in [0.15, 0.2) is 0 Å². The molecule has 0 fully saturated rings. The number of carbonyl (C=O) groups is 2. The minimum atomic E-state index is -0.366. The number of benzene rings is 2. The zero-order valence-electron chi connectivity index (χ0n) is 14.5. The summed E-state index contributed by atoms with van der Waals surface area (Å²) >= 11 is 1.38. The Hall–Kier alpha value is -3.45. The number of amides is 2. The van der Waals surface area contributed by atoms with E-state index in [0.717, 1.165) is 5.56 Å². The topological polar surface area (TPSA) is 90.8 Å². The number of anilines is 1. The monoisotopic (exact) mass is 379 g/mol. The number of phenolic OH excluding ortho intramolecular Hbond substituents is 1. The van der Waals surface area contributed by atoms with Gasteiger partial charge >= 0.3 is 0 Å². The van der Waals surface area contributed by atoms with Crippen LogP contribution >= 0.6 is 11.3 Å². The van der Waals surface area contributed by atoms with Crippen LogP contribution in [0.4, 0.5) is 5.69 Å². The third kappa shape index (κ3) is 4.80. The zero-order valence-corrected chi connectivity index (χ0v) is 15.3. The Kier molecular flexibility index (Phi) is 5.63. The SMILES string of the molecule is CC(=NNC(=O)c1ccc(O)cc1)c1ccc(NC(=O)c2cccs2)cc1. The number of nitrogens with zero attached hydrogens (tertiary/aromatic N) is 1. The van der Waals surface area contributed by atoms with Gasteiger partial charge in [-0.05, 0) is 60.3 Å². The fourth-order valence-electron chi connectivity index (χ4n) is 2.27. The van der Waals surface area contributed by atoms with Crippen LogP contribution in [0.2, 0.25) is 0 Å². The summed E-state index contributed by atoms with van der Waals surface area (Å²) in [6.07, 6.45) is 0. The fraction of sp³-hybridized carbons (Fsp3) is 0.0500. The van der Waals surface area contributed by atoms with E-state index < -0.39 is 0 Å². The van der Waals surface area contributed by atoms with Crippen LogP contribution in [0.3, 0.4) is 0 Å². The second-order valence-electron chi connectivity index (χ2n) is 5.69. The maximum Gasteiger partial charge on any atom is 0.271 e. The van der Waals surface area contributed by atoms with Crippen LogP contribution in [0.5, 0.6) is 5.75 Å². The lowest BCUT2D eigenvalue weighted by molar-refractivity contribution is 0.0954. The molecule has 1 aromatic heterocycles. The van der Waals surface area contributed by atoms with E-state index in [0.29, 0.717) is 21.8 Å². The lowest BCUT2D eigenvalue weighted by Gasteiger charge is -2.06. The number of phenols is 1. The van der Waals surface area contributed by atoms with E-state index >= 15 is 0 Å².